The molecule has 0 fully saturated rings. The summed E-state index contributed by atoms with van der Waals surface area (Å²) >= 11 is 3.36. The first-order chi connectivity index (χ1) is 11.1. The van der Waals surface area contributed by atoms with Gasteiger partial charge in [-0.25, -0.2) is 4.79 Å². The van der Waals surface area contributed by atoms with Crippen LogP contribution < -0.4 is 4.74 Å². The molecular formula is C18H15BrO4. The summed E-state index contributed by atoms with van der Waals surface area (Å²) in [6.07, 6.45) is 2.85. The van der Waals surface area contributed by atoms with Crippen LogP contribution in [-0.4, -0.2) is 25.5 Å². The van der Waals surface area contributed by atoms with E-state index in [-0.39, 0.29) is 12.4 Å². The number of hydrogen-bond acceptors (Lipinski definition) is 4. The van der Waals surface area contributed by atoms with Gasteiger partial charge in [0.1, 0.15) is 5.75 Å². The average Bonchev–Trinajstić information content (AvgIpc) is 2.58. The highest BCUT2D eigenvalue weighted by Crippen LogP contribution is 2.24. The summed E-state index contributed by atoms with van der Waals surface area (Å²) in [5.41, 5.74) is 1.24. The molecule has 2 aromatic rings. The van der Waals surface area contributed by atoms with Crippen molar-refractivity contribution in [2.24, 2.45) is 0 Å². The molecule has 0 amide bonds. The average molecular weight is 375 g/mol. The Kier molecular flexibility index (Phi) is 6.11. The molecule has 0 atom stereocenters. The number of rotatable bonds is 6. The van der Waals surface area contributed by atoms with Gasteiger partial charge < -0.3 is 9.47 Å². The molecule has 4 nitrogen and oxygen atoms in total. The van der Waals surface area contributed by atoms with Crippen LogP contribution >= 0.6 is 15.9 Å². The quantitative estimate of drug-likeness (QED) is 0.437. The first-order valence-corrected chi connectivity index (χ1v) is 7.66. The van der Waals surface area contributed by atoms with Crippen molar-refractivity contribution in [3.8, 4) is 5.75 Å². The molecule has 0 aliphatic rings. The fourth-order valence-corrected chi connectivity index (χ4v) is 2.26. The van der Waals surface area contributed by atoms with Crippen LogP contribution in [0, 0.1) is 0 Å². The number of carbonyl (C=O) groups is 2. The zero-order chi connectivity index (χ0) is 16.7. The van der Waals surface area contributed by atoms with E-state index in [2.05, 4.69) is 15.9 Å². The van der Waals surface area contributed by atoms with Crippen molar-refractivity contribution in [2.45, 2.75) is 0 Å². The molecule has 0 saturated carbocycles. The molecule has 118 valence electrons. The van der Waals surface area contributed by atoms with Crippen molar-refractivity contribution in [3.63, 3.8) is 0 Å². The molecule has 0 heterocycles. The molecule has 0 N–H and O–H groups in total. The topological polar surface area (TPSA) is 52.6 Å². The fraction of sp³-hybridized carbons (Fsp3) is 0.111. The molecule has 0 radical (unpaired) electrons. The molecule has 0 unspecified atom stereocenters. The van der Waals surface area contributed by atoms with Crippen LogP contribution in [0.1, 0.15) is 15.9 Å². The Labute approximate surface area is 142 Å². The summed E-state index contributed by atoms with van der Waals surface area (Å²) in [4.78, 5) is 23.6. The van der Waals surface area contributed by atoms with E-state index in [1.165, 1.54) is 6.08 Å². The maximum atomic E-state index is 11.8. The number of benzene rings is 2. The largest absolute Gasteiger partial charge is 0.496 e. The SMILES string of the molecule is COc1ccc(Br)cc1/C=C/C(=O)OCC(=O)c1ccccc1. The van der Waals surface area contributed by atoms with E-state index in [4.69, 9.17) is 9.47 Å². The van der Waals surface area contributed by atoms with Crippen LogP contribution in [0.2, 0.25) is 0 Å². The third-order valence-corrected chi connectivity index (χ3v) is 3.53. The maximum absolute atomic E-state index is 11.8. The summed E-state index contributed by atoms with van der Waals surface area (Å²) < 4.78 is 11.0. The van der Waals surface area contributed by atoms with Gasteiger partial charge in [0, 0.05) is 21.7 Å². The van der Waals surface area contributed by atoms with E-state index in [0.717, 1.165) is 10.0 Å². The summed E-state index contributed by atoms with van der Waals surface area (Å²) in [6.45, 7) is -0.289. The predicted octanol–water partition coefficient (Wildman–Crippen LogP) is 3.90. The van der Waals surface area contributed by atoms with Crippen LogP contribution in [0.4, 0.5) is 0 Å². The van der Waals surface area contributed by atoms with Gasteiger partial charge in [0.05, 0.1) is 7.11 Å². The lowest BCUT2D eigenvalue weighted by atomic mass is 10.1. The summed E-state index contributed by atoms with van der Waals surface area (Å²) in [7, 11) is 1.55. The van der Waals surface area contributed by atoms with Gasteiger partial charge in [-0.05, 0) is 24.3 Å². The Bertz CT molecular complexity index is 723. The van der Waals surface area contributed by atoms with E-state index >= 15 is 0 Å². The van der Waals surface area contributed by atoms with E-state index < -0.39 is 5.97 Å². The number of methoxy groups -OCH3 is 1. The third kappa shape index (κ3) is 5.07. The van der Waals surface area contributed by atoms with Crippen molar-refractivity contribution in [3.05, 3.63) is 70.2 Å². The second-order valence-electron chi connectivity index (χ2n) is 4.62. The van der Waals surface area contributed by atoms with Crippen LogP contribution in [0.25, 0.3) is 6.08 Å². The van der Waals surface area contributed by atoms with Gasteiger partial charge >= 0.3 is 5.97 Å². The Morgan fingerprint density at radius 3 is 2.57 bits per heavy atom. The highest BCUT2D eigenvalue weighted by atomic mass is 79.9. The van der Waals surface area contributed by atoms with Gasteiger partial charge in [-0.15, -0.1) is 0 Å². The number of esters is 1. The van der Waals surface area contributed by atoms with Gasteiger partial charge in [0.25, 0.3) is 0 Å². The monoisotopic (exact) mass is 374 g/mol. The van der Waals surface area contributed by atoms with Gasteiger partial charge in [0.2, 0.25) is 0 Å². The lowest BCUT2D eigenvalue weighted by Gasteiger charge is -2.05. The van der Waals surface area contributed by atoms with E-state index in [0.29, 0.717) is 11.3 Å². The lowest BCUT2D eigenvalue weighted by Crippen LogP contribution is -2.12. The van der Waals surface area contributed by atoms with Gasteiger partial charge in [-0.3, -0.25) is 4.79 Å². The number of hydrogen-bond donors (Lipinski definition) is 0. The van der Waals surface area contributed by atoms with E-state index in [9.17, 15) is 9.59 Å². The molecule has 0 bridgehead atoms. The van der Waals surface area contributed by atoms with Crippen molar-refractivity contribution >= 4 is 33.8 Å². The van der Waals surface area contributed by atoms with Crippen molar-refractivity contribution in [2.75, 3.05) is 13.7 Å². The maximum Gasteiger partial charge on any atom is 0.331 e. The molecule has 5 heteroatoms. The predicted molar refractivity (Wildman–Crippen MR) is 91.5 cm³/mol. The van der Waals surface area contributed by atoms with Crippen molar-refractivity contribution < 1.29 is 19.1 Å². The first kappa shape index (κ1) is 17.0. The highest BCUT2D eigenvalue weighted by molar-refractivity contribution is 9.10. The molecule has 23 heavy (non-hydrogen) atoms. The van der Waals surface area contributed by atoms with Crippen molar-refractivity contribution in [1.82, 2.24) is 0 Å². The lowest BCUT2D eigenvalue weighted by molar-refractivity contribution is -0.136. The number of halogens is 1. The summed E-state index contributed by atoms with van der Waals surface area (Å²) in [5.74, 6) is -0.193. The Morgan fingerprint density at radius 2 is 1.87 bits per heavy atom. The number of Topliss-reactive ketones (excluding diaryl/α,β-unsaturated/α-hetero) is 1. The molecule has 0 aromatic heterocycles. The van der Waals surface area contributed by atoms with Crippen LogP contribution in [0.3, 0.4) is 0 Å². The molecule has 2 aromatic carbocycles. The van der Waals surface area contributed by atoms with E-state index in [1.807, 2.05) is 18.2 Å². The standard InChI is InChI=1S/C18H15BrO4/c1-22-17-9-8-15(19)11-14(17)7-10-18(21)23-12-16(20)13-5-3-2-4-6-13/h2-11H,12H2,1H3/b10-7+. The van der Waals surface area contributed by atoms with Crippen molar-refractivity contribution in [1.29, 1.82) is 0 Å². The summed E-state index contributed by atoms with van der Waals surface area (Å²) in [6, 6.07) is 14.1. The smallest absolute Gasteiger partial charge is 0.331 e. The van der Waals surface area contributed by atoms with E-state index in [1.54, 1.807) is 43.5 Å². The van der Waals surface area contributed by atoms with Crippen LogP contribution in [-0.2, 0) is 9.53 Å². The molecule has 0 spiro atoms. The van der Waals surface area contributed by atoms with Gasteiger partial charge in [0.15, 0.2) is 12.4 Å². The number of ether oxygens (including phenoxy) is 2. The molecule has 0 aliphatic carbocycles. The second kappa shape index (κ2) is 8.29. The zero-order valence-electron chi connectivity index (χ0n) is 12.5. The zero-order valence-corrected chi connectivity index (χ0v) is 14.1. The Hall–Kier alpha value is -2.40. The minimum atomic E-state index is -0.587. The first-order valence-electron chi connectivity index (χ1n) is 6.87. The van der Waals surface area contributed by atoms with Crippen LogP contribution in [0.5, 0.6) is 5.75 Å². The Balaban J connectivity index is 1.95. The third-order valence-electron chi connectivity index (χ3n) is 3.03. The van der Waals surface area contributed by atoms with Gasteiger partial charge in [-0.1, -0.05) is 46.3 Å². The molecule has 0 saturated heterocycles. The molecule has 0 aliphatic heterocycles. The fourth-order valence-electron chi connectivity index (χ4n) is 1.89. The molecule has 2 rings (SSSR count). The minimum Gasteiger partial charge on any atom is -0.496 e. The number of carbonyl (C=O) groups excluding carboxylic acids is 2. The van der Waals surface area contributed by atoms with Crippen LogP contribution in [0.15, 0.2) is 59.1 Å². The summed E-state index contributed by atoms with van der Waals surface area (Å²) in [5, 5.41) is 0. The minimum absolute atomic E-state index is 0.243. The second-order valence-corrected chi connectivity index (χ2v) is 5.53. The van der Waals surface area contributed by atoms with Gasteiger partial charge in [-0.2, -0.15) is 0 Å². The normalized spacial score (nSPS) is 10.5. The highest BCUT2D eigenvalue weighted by Gasteiger charge is 2.08. The number of ketones is 1. The Morgan fingerprint density at radius 1 is 1.13 bits per heavy atom. The molecular weight excluding hydrogens is 360 g/mol.